The summed E-state index contributed by atoms with van der Waals surface area (Å²) in [4.78, 5) is 7.84. The second-order valence-corrected chi connectivity index (χ2v) is 1.73. The lowest BCUT2D eigenvalue weighted by Crippen LogP contribution is -1.78. The standard InChI is InChI=1S/C6H4N2/c1-5-2-8-4-6(5)3-7-1/h1-4H. The molecular weight excluding hydrogens is 100 g/mol. The van der Waals surface area contributed by atoms with Crippen molar-refractivity contribution >= 4 is 12.4 Å². The lowest BCUT2D eigenvalue weighted by molar-refractivity contribution is 1.61. The Morgan fingerprint density at radius 1 is 0.875 bits per heavy atom. The van der Waals surface area contributed by atoms with Gasteiger partial charge in [-0.3, -0.25) is 9.98 Å². The molecule has 38 valence electrons. The Hall–Kier alpha value is -1.18. The van der Waals surface area contributed by atoms with E-state index < -0.39 is 0 Å². The van der Waals surface area contributed by atoms with Crippen LogP contribution < -0.4 is 0 Å². The number of hydrogen-bond acceptors (Lipinski definition) is 2. The largest absolute Gasteiger partial charge is 0.263 e. The van der Waals surface area contributed by atoms with Crippen molar-refractivity contribution in [3.8, 4) is 0 Å². The third-order valence-electron chi connectivity index (χ3n) is 1.19. The average molecular weight is 104 g/mol. The lowest BCUT2D eigenvalue weighted by atomic mass is 10.2. The molecule has 0 atom stereocenters. The van der Waals surface area contributed by atoms with Gasteiger partial charge < -0.3 is 0 Å². The molecule has 0 bridgehead atoms. The Balaban J connectivity index is 2.59. The minimum atomic E-state index is 1.13. The van der Waals surface area contributed by atoms with Crippen LogP contribution in [-0.2, 0) is 0 Å². The van der Waals surface area contributed by atoms with Gasteiger partial charge in [0, 0.05) is 36.0 Å². The topological polar surface area (TPSA) is 24.7 Å². The Morgan fingerprint density at radius 2 is 1.38 bits per heavy atom. The predicted molar refractivity (Wildman–Crippen MR) is 33.1 cm³/mol. The van der Waals surface area contributed by atoms with Gasteiger partial charge in [-0.1, -0.05) is 0 Å². The van der Waals surface area contributed by atoms with Crippen LogP contribution in [0.3, 0.4) is 0 Å². The van der Waals surface area contributed by atoms with E-state index in [0.717, 1.165) is 11.1 Å². The molecule has 0 aliphatic carbocycles. The van der Waals surface area contributed by atoms with Gasteiger partial charge in [-0.2, -0.15) is 0 Å². The molecule has 0 aromatic carbocycles. The van der Waals surface area contributed by atoms with Crippen LogP contribution in [-0.4, -0.2) is 12.4 Å². The highest BCUT2D eigenvalue weighted by molar-refractivity contribution is 6.04. The van der Waals surface area contributed by atoms with Gasteiger partial charge in [-0.05, 0) is 0 Å². The summed E-state index contributed by atoms with van der Waals surface area (Å²) in [5.41, 5.74) is 2.26. The van der Waals surface area contributed by atoms with Crippen LogP contribution in [0.1, 0.15) is 0 Å². The summed E-state index contributed by atoms with van der Waals surface area (Å²) >= 11 is 0. The summed E-state index contributed by atoms with van der Waals surface area (Å²) in [6.45, 7) is 0. The van der Waals surface area contributed by atoms with Gasteiger partial charge in [0.05, 0.1) is 0 Å². The molecular formula is C6H4N2. The quantitative estimate of drug-likeness (QED) is 0.436. The zero-order chi connectivity index (χ0) is 5.40. The van der Waals surface area contributed by atoms with Gasteiger partial charge in [0.2, 0.25) is 0 Å². The summed E-state index contributed by atoms with van der Waals surface area (Å²) in [7, 11) is 0. The molecule has 0 radical (unpaired) electrons. The van der Waals surface area contributed by atoms with Crippen LogP contribution >= 0.6 is 0 Å². The van der Waals surface area contributed by atoms with E-state index in [9.17, 15) is 0 Å². The highest BCUT2D eigenvalue weighted by Crippen LogP contribution is 2.15. The molecule has 2 rings (SSSR count). The maximum atomic E-state index is 3.92. The van der Waals surface area contributed by atoms with E-state index in [-0.39, 0.29) is 0 Å². The smallest absolute Gasteiger partial charge is 0.0363 e. The minimum Gasteiger partial charge on any atom is -0.263 e. The zero-order valence-corrected chi connectivity index (χ0v) is 4.20. The van der Waals surface area contributed by atoms with E-state index in [4.69, 9.17) is 0 Å². The minimum absolute atomic E-state index is 1.13. The van der Waals surface area contributed by atoms with Gasteiger partial charge in [0.1, 0.15) is 0 Å². The summed E-state index contributed by atoms with van der Waals surface area (Å²) < 4.78 is 0. The fourth-order valence-corrected chi connectivity index (χ4v) is 0.761. The normalized spacial score (nSPS) is 21.0. The second kappa shape index (κ2) is 1.15. The highest BCUT2D eigenvalue weighted by atomic mass is 14.8. The van der Waals surface area contributed by atoms with Crippen molar-refractivity contribution in [2.24, 2.45) is 9.98 Å². The molecule has 2 nitrogen and oxygen atoms in total. The number of aliphatic imine (C=N–C) groups is 2. The second-order valence-electron chi connectivity index (χ2n) is 1.73. The van der Waals surface area contributed by atoms with Crippen LogP contribution in [0.4, 0.5) is 0 Å². The summed E-state index contributed by atoms with van der Waals surface area (Å²) in [5, 5.41) is 0. The van der Waals surface area contributed by atoms with Crippen molar-refractivity contribution in [3.63, 3.8) is 0 Å². The number of allylic oxidation sites excluding steroid dienone is 2. The van der Waals surface area contributed by atoms with Crippen molar-refractivity contribution in [1.82, 2.24) is 0 Å². The predicted octanol–water partition coefficient (Wildman–Crippen LogP) is 0.923. The maximum Gasteiger partial charge on any atom is 0.0363 e. The summed E-state index contributed by atoms with van der Waals surface area (Å²) in [5.74, 6) is 0. The van der Waals surface area contributed by atoms with Crippen LogP contribution in [0.25, 0.3) is 0 Å². The maximum absolute atomic E-state index is 3.92. The molecule has 0 saturated carbocycles. The third-order valence-corrected chi connectivity index (χ3v) is 1.19. The van der Waals surface area contributed by atoms with Crippen molar-refractivity contribution < 1.29 is 0 Å². The van der Waals surface area contributed by atoms with Gasteiger partial charge in [0.15, 0.2) is 0 Å². The summed E-state index contributed by atoms with van der Waals surface area (Å²) in [6, 6.07) is 0. The van der Waals surface area contributed by atoms with Gasteiger partial charge in [0.25, 0.3) is 0 Å². The van der Waals surface area contributed by atoms with Gasteiger partial charge >= 0.3 is 0 Å². The Morgan fingerprint density at radius 3 is 1.88 bits per heavy atom. The molecule has 0 N–H and O–H groups in total. The Labute approximate surface area is 47.0 Å². The van der Waals surface area contributed by atoms with Crippen molar-refractivity contribution in [3.05, 3.63) is 23.5 Å². The highest BCUT2D eigenvalue weighted by Gasteiger charge is 2.07. The molecule has 0 fully saturated rings. The summed E-state index contributed by atoms with van der Waals surface area (Å²) in [6.07, 6.45) is 7.23. The first-order valence-corrected chi connectivity index (χ1v) is 2.44. The fraction of sp³-hybridized carbons (Fsp3) is 0. The van der Waals surface area contributed by atoms with E-state index in [1.165, 1.54) is 0 Å². The number of rotatable bonds is 0. The lowest BCUT2D eigenvalue weighted by Gasteiger charge is -1.80. The molecule has 0 amide bonds. The molecule has 2 heterocycles. The molecule has 0 aromatic heterocycles. The molecule has 0 aromatic rings. The Kier molecular flexibility index (Phi) is 0.545. The van der Waals surface area contributed by atoms with Crippen LogP contribution in [0.15, 0.2) is 33.5 Å². The first-order chi connectivity index (χ1) is 3.97. The van der Waals surface area contributed by atoms with Crippen LogP contribution in [0, 0.1) is 0 Å². The van der Waals surface area contributed by atoms with E-state index in [0.29, 0.717) is 0 Å². The van der Waals surface area contributed by atoms with Gasteiger partial charge in [-0.25, -0.2) is 0 Å². The van der Waals surface area contributed by atoms with Crippen molar-refractivity contribution in [2.75, 3.05) is 0 Å². The SMILES string of the molecule is C1=NC=C2C=NC=C12. The fourth-order valence-electron chi connectivity index (χ4n) is 0.761. The van der Waals surface area contributed by atoms with Crippen molar-refractivity contribution in [1.29, 1.82) is 0 Å². The van der Waals surface area contributed by atoms with E-state index in [1.807, 2.05) is 24.8 Å². The van der Waals surface area contributed by atoms with Crippen LogP contribution in [0.2, 0.25) is 0 Å². The van der Waals surface area contributed by atoms with Gasteiger partial charge in [-0.15, -0.1) is 0 Å². The molecule has 2 aliphatic heterocycles. The number of hydrogen-bond donors (Lipinski definition) is 0. The molecule has 0 spiro atoms. The zero-order valence-electron chi connectivity index (χ0n) is 4.20. The molecule has 8 heavy (non-hydrogen) atoms. The van der Waals surface area contributed by atoms with Crippen LogP contribution in [0.5, 0.6) is 0 Å². The van der Waals surface area contributed by atoms with E-state index in [1.54, 1.807) is 0 Å². The first kappa shape index (κ1) is 3.78. The third kappa shape index (κ3) is 0.320. The Bertz CT molecular complexity index is 205. The number of fused-ring (bicyclic) bond motifs is 1. The molecule has 2 heteroatoms. The molecule has 2 aliphatic rings. The monoisotopic (exact) mass is 104 g/mol. The first-order valence-electron chi connectivity index (χ1n) is 2.44. The van der Waals surface area contributed by atoms with E-state index in [2.05, 4.69) is 9.98 Å². The number of nitrogens with zero attached hydrogens (tertiary/aromatic N) is 2. The molecule has 0 unspecified atom stereocenters. The average Bonchev–Trinajstić information content (AvgIpc) is 2.15. The molecule has 0 saturated heterocycles. The van der Waals surface area contributed by atoms with Crippen molar-refractivity contribution in [2.45, 2.75) is 0 Å². The van der Waals surface area contributed by atoms with E-state index >= 15 is 0 Å².